The van der Waals surface area contributed by atoms with Crippen LogP contribution in [0, 0.1) is 10.1 Å². The van der Waals surface area contributed by atoms with Crippen molar-refractivity contribution in [3.05, 3.63) is 98.4 Å². The third kappa shape index (κ3) is 3.84. The number of hydrogen-bond donors (Lipinski definition) is 0. The molecule has 0 unspecified atom stereocenters. The number of halogens is 1. The predicted octanol–water partition coefficient (Wildman–Crippen LogP) is 5.24. The first-order chi connectivity index (χ1) is 12.0. The molecule has 0 saturated carbocycles. The number of ketones is 1. The molecule has 0 aliphatic carbocycles. The molecule has 0 bridgehead atoms. The molecule has 0 atom stereocenters. The van der Waals surface area contributed by atoms with Crippen molar-refractivity contribution in [2.24, 2.45) is 0 Å². The molecule has 0 amide bonds. The molecule has 1 aromatic heterocycles. The molecule has 3 aromatic rings. The second-order valence-corrected chi connectivity index (χ2v) is 5.58. The first kappa shape index (κ1) is 16.7. The Kier molecular flexibility index (Phi) is 4.77. The third-order valence-corrected chi connectivity index (χ3v) is 3.74. The lowest BCUT2D eigenvalue weighted by Gasteiger charge is -2.04. The zero-order chi connectivity index (χ0) is 17.8. The van der Waals surface area contributed by atoms with Gasteiger partial charge in [0.1, 0.15) is 11.3 Å². The van der Waals surface area contributed by atoms with Crippen molar-refractivity contribution in [2.45, 2.75) is 0 Å². The monoisotopic (exact) mass is 353 g/mol. The van der Waals surface area contributed by atoms with E-state index in [0.717, 1.165) is 0 Å². The smallest absolute Gasteiger partial charge is 0.280 e. The van der Waals surface area contributed by atoms with Gasteiger partial charge in [0.25, 0.3) is 5.69 Å². The Balaban J connectivity index is 1.99. The molecule has 25 heavy (non-hydrogen) atoms. The molecular formula is C19H12ClNO4. The van der Waals surface area contributed by atoms with Crippen LogP contribution in [-0.4, -0.2) is 10.7 Å². The van der Waals surface area contributed by atoms with Crippen LogP contribution in [0.15, 0.2) is 65.1 Å². The average molecular weight is 354 g/mol. The van der Waals surface area contributed by atoms with Crippen molar-refractivity contribution >= 4 is 35.2 Å². The number of carbonyl (C=O) groups excluding carboxylic acids is 1. The van der Waals surface area contributed by atoms with Gasteiger partial charge < -0.3 is 4.42 Å². The SMILES string of the molecule is O=C(c1ccccc1)c1cc(C=Cc2ccc(Cl)o2)ccc1[N+](=O)[O-]. The number of carbonyl (C=O) groups is 1. The Hall–Kier alpha value is -3.18. The summed E-state index contributed by atoms with van der Waals surface area (Å²) in [7, 11) is 0. The van der Waals surface area contributed by atoms with Crippen molar-refractivity contribution in [3.63, 3.8) is 0 Å². The number of rotatable bonds is 5. The van der Waals surface area contributed by atoms with E-state index >= 15 is 0 Å². The van der Waals surface area contributed by atoms with Crippen molar-refractivity contribution in [1.29, 1.82) is 0 Å². The Labute approximate surface area is 148 Å². The molecule has 0 aliphatic heterocycles. The third-order valence-electron chi connectivity index (χ3n) is 3.53. The van der Waals surface area contributed by atoms with Gasteiger partial charge in [-0.25, -0.2) is 0 Å². The first-order valence-corrected chi connectivity index (χ1v) is 7.74. The van der Waals surface area contributed by atoms with Crippen LogP contribution in [0.2, 0.25) is 5.22 Å². The number of benzene rings is 2. The van der Waals surface area contributed by atoms with E-state index in [1.807, 2.05) is 0 Å². The Bertz CT molecular complexity index is 961. The van der Waals surface area contributed by atoms with Gasteiger partial charge in [-0.2, -0.15) is 0 Å². The summed E-state index contributed by atoms with van der Waals surface area (Å²) in [4.78, 5) is 23.3. The maximum absolute atomic E-state index is 12.6. The predicted molar refractivity (Wildman–Crippen MR) is 95.6 cm³/mol. The van der Waals surface area contributed by atoms with E-state index in [2.05, 4.69) is 0 Å². The van der Waals surface area contributed by atoms with E-state index in [1.165, 1.54) is 12.1 Å². The zero-order valence-electron chi connectivity index (χ0n) is 12.9. The topological polar surface area (TPSA) is 73.3 Å². The highest BCUT2D eigenvalue weighted by atomic mass is 35.5. The second-order valence-electron chi connectivity index (χ2n) is 5.20. The van der Waals surface area contributed by atoms with Crippen LogP contribution in [-0.2, 0) is 0 Å². The van der Waals surface area contributed by atoms with Gasteiger partial charge in [0.2, 0.25) is 0 Å². The molecule has 0 N–H and O–H groups in total. The fourth-order valence-corrected chi connectivity index (χ4v) is 2.49. The van der Waals surface area contributed by atoms with E-state index in [-0.39, 0.29) is 16.5 Å². The number of furan rings is 1. The van der Waals surface area contributed by atoms with Gasteiger partial charge in [0.05, 0.1) is 4.92 Å². The van der Waals surface area contributed by atoms with Gasteiger partial charge in [-0.3, -0.25) is 14.9 Å². The fraction of sp³-hybridized carbons (Fsp3) is 0. The Morgan fingerprint density at radius 3 is 2.44 bits per heavy atom. The van der Waals surface area contributed by atoms with E-state index in [4.69, 9.17) is 16.0 Å². The number of hydrogen-bond acceptors (Lipinski definition) is 4. The van der Waals surface area contributed by atoms with Crippen LogP contribution in [0.1, 0.15) is 27.2 Å². The van der Waals surface area contributed by atoms with Crippen LogP contribution < -0.4 is 0 Å². The average Bonchev–Trinajstić information content (AvgIpc) is 3.05. The largest absolute Gasteiger partial charge is 0.445 e. The van der Waals surface area contributed by atoms with Gasteiger partial charge in [0.15, 0.2) is 11.0 Å². The molecule has 2 aromatic carbocycles. The molecule has 6 heteroatoms. The zero-order valence-corrected chi connectivity index (χ0v) is 13.6. The standard InChI is InChI=1S/C19H12ClNO4/c20-18-11-9-15(25-18)8-6-13-7-10-17(21(23)24)16(12-13)19(22)14-4-2-1-3-5-14/h1-12H. The maximum atomic E-state index is 12.6. The van der Waals surface area contributed by atoms with Gasteiger partial charge in [0, 0.05) is 11.6 Å². The minimum Gasteiger partial charge on any atom is -0.445 e. The molecule has 124 valence electrons. The van der Waals surface area contributed by atoms with Crippen LogP contribution in [0.3, 0.4) is 0 Å². The molecule has 3 rings (SSSR count). The highest BCUT2D eigenvalue weighted by Gasteiger charge is 2.21. The molecule has 0 spiro atoms. The molecule has 0 fully saturated rings. The summed E-state index contributed by atoms with van der Waals surface area (Å²) in [5.74, 6) is 0.142. The number of nitrogens with zero attached hydrogens (tertiary/aromatic N) is 1. The normalized spacial score (nSPS) is 10.9. The van der Waals surface area contributed by atoms with Crippen molar-refractivity contribution in [2.75, 3.05) is 0 Å². The van der Waals surface area contributed by atoms with Crippen LogP contribution >= 0.6 is 11.6 Å². The van der Waals surface area contributed by atoms with E-state index in [9.17, 15) is 14.9 Å². The molecule has 0 saturated heterocycles. The van der Waals surface area contributed by atoms with E-state index < -0.39 is 10.7 Å². The minimum atomic E-state index is -0.560. The quantitative estimate of drug-likeness (QED) is 0.357. The molecule has 1 heterocycles. The van der Waals surface area contributed by atoms with Crippen LogP contribution in [0.4, 0.5) is 5.69 Å². The van der Waals surface area contributed by atoms with Crippen LogP contribution in [0.5, 0.6) is 0 Å². The summed E-state index contributed by atoms with van der Waals surface area (Å²) in [6, 6.07) is 16.1. The lowest BCUT2D eigenvalue weighted by atomic mass is 9.99. The first-order valence-electron chi connectivity index (χ1n) is 7.36. The van der Waals surface area contributed by atoms with E-state index in [1.54, 1.807) is 60.7 Å². The summed E-state index contributed by atoms with van der Waals surface area (Å²) < 4.78 is 5.22. The summed E-state index contributed by atoms with van der Waals surface area (Å²) in [5, 5.41) is 11.5. The summed E-state index contributed by atoms with van der Waals surface area (Å²) in [6.07, 6.45) is 3.37. The lowest BCUT2D eigenvalue weighted by Crippen LogP contribution is -2.05. The highest BCUT2D eigenvalue weighted by molar-refractivity contribution is 6.28. The number of nitro benzene ring substituents is 1. The summed E-state index contributed by atoms with van der Waals surface area (Å²) >= 11 is 5.71. The maximum Gasteiger partial charge on any atom is 0.280 e. The Morgan fingerprint density at radius 2 is 1.80 bits per heavy atom. The molecule has 0 radical (unpaired) electrons. The summed E-state index contributed by atoms with van der Waals surface area (Å²) in [6.45, 7) is 0. The number of nitro groups is 1. The van der Waals surface area contributed by atoms with Gasteiger partial charge in [-0.05, 0) is 47.5 Å². The molecule has 5 nitrogen and oxygen atoms in total. The van der Waals surface area contributed by atoms with Crippen LogP contribution in [0.25, 0.3) is 12.2 Å². The Morgan fingerprint density at radius 1 is 1.04 bits per heavy atom. The molecular weight excluding hydrogens is 342 g/mol. The highest BCUT2D eigenvalue weighted by Crippen LogP contribution is 2.24. The van der Waals surface area contributed by atoms with Crippen molar-refractivity contribution in [3.8, 4) is 0 Å². The lowest BCUT2D eigenvalue weighted by molar-refractivity contribution is -0.385. The minimum absolute atomic E-state index is 0.0378. The fourth-order valence-electron chi connectivity index (χ4n) is 2.34. The van der Waals surface area contributed by atoms with Gasteiger partial charge >= 0.3 is 0 Å². The van der Waals surface area contributed by atoms with E-state index in [0.29, 0.717) is 16.9 Å². The second kappa shape index (κ2) is 7.15. The van der Waals surface area contributed by atoms with Gasteiger partial charge in [-0.15, -0.1) is 0 Å². The van der Waals surface area contributed by atoms with Crippen molar-refractivity contribution < 1.29 is 14.1 Å². The summed E-state index contributed by atoms with van der Waals surface area (Å²) in [5.41, 5.74) is 0.838. The molecule has 0 aliphatic rings. The van der Waals surface area contributed by atoms with Crippen molar-refractivity contribution in [1.82, 2.24) is 0 Å². The van der Waals surface area contributed by atoms with Gasteiger partial charge in [-0.1, -0.05) is 36.4 Å².